The molecule has 2 heterocycles. The summed E-state index contributed by atoms with van der Waals surface area (Å²) < 4.78 is 34.3. The fourth-order valence-corrected chi connectivity index (χ4v) is 3.87. The number of nitrogens with zero attached hydrogens (tertiary/aromatic N) is 3. The van der Waals surface area contributed by atoms with Gasteiger partial charge in [0, 0.05) is 38.8 Å². The van der Waals surface area contributed by atoms with E-state index in [1.165, 1.54) is 17.8 Å². The van der Waals surface area contributed by atoms with Crippen LogP contribution in [-0.4, -0.2) is 73.5 Å². The van der Waals surface area contributed by atoms with Gasteiger partial charge in [0.15, 0.2) is 6.61 Å². The standard InChI is InChI=1S/C25H34ClF2N7O3/c1-4-5-8-30-13-20(36)34(2)10-9-31-12-18(26)23(29)33-16-6-7-19-17(11-16)21-22(24(37)35(19)3)38-15-25(27,28)14-32-21/h6-7,11-12,30-32H,4-5,8-10,13-15H2,1-3H3,(H2,29,33). The van der Waals surface area contributed by atoms with Gasteiger partial charge in [-0.15, -0.1) is 0 Å². The average Bonchev–Trinajstić information content (AvgIpc) is 3.05. The molecule has 0 bridgehead atoms. The minimum atomic E-state index is -3.13. The van der Waals surface area contributed by atoms with Crippen molar-refractivity contribution in [2.75, 3.05) is 51.7 Å². The van der Waals surface area contributed by atoms with Gasteiger partial charge in [0.1, 0.15) is 5.84 Å². The number of hydrogen-bond donors (Lipinski definition) is 4. The first kappa shape index (κ1) is 29.2. The van der Waals surface area contributed by atoms with E-state index in [4.69, 9.17) is 22.1 Å². The summed E-state index contributed by atoms with van der Waals surface area (Å²) in [5.74, 6) is -3.28. The Morgan fingerprint density at radius 1 is 1.39 bits per heavy atom. The first-order chi connectivity index (χ1) is 18.0. The SMILES string of the molecule is CCCCNCC(=O)N(C)CCNC=C(Cl)C(N)=Nc1ccc2c(c1)c1c(c(=O)n2C)OCC(F)(F)CN1. The maximum absolute atomic E-state index is 13.9. The fraction of sp³-hybridized carbons (Fsp3) is 0.480. The Morgan fingerprint density at radius 2 is 2.16 bits per heavy atom. The number of ether oxygens (including phenoxy) is 1. The Balaban J connectivity index is 1.69. The smallest absolute Gasteiger partial charge is 0.298 e. The topological polar surface area (TPSA) is 126 Å². The number of nitrogens with two attached hydrogens (primary N) is 1. The largest absolute Gasteiger partial charge is 0.480 e. The zero-order valence-electron chi connectivity index (χ0n) is 21.7. The van der Waals surface area contributed by atoms with Gasteiger partial charge in [0.05, 0.1) is 35.0 Å². The van der Waals surface area contributed by atoms with Gasteiger partial charge in [-0.05, 0) is 31.2 Å². The summed E-state index contributed by atoms with van der Waals surface area (Å²) in [5.41, 5.74) is 6.63. The number of benzene rings is 1. The molecule has 2 aromatic rings. The van der Waals surface area contributed by atoms with Gasteiger partial charge in [-0.25, -0.2) is 13.8 Å². The number of pyridine rings is 1. The maximum Gasteiger partial charge on any atom is 0.298 e. The van der Waals surface area contributed by atoms with Crippen LogP contribution in [0.2, 0.25) is 0 Å². The van der Waals surface area contributed by atoms with E-state index in [1.807, 2.05) is 0 Å². The summed E-state index contributed by atoms with van der Waals surface area (Å²) in [5, 5.41) is 9.40. The van der Waals surface area contributed by atoms with Crippen molar-refractivity contribution < 1.29 is 18.3 Å². The number of halogens is 3. The second-order valence-electron chi connectivity index (χ2n) is 9.06. The van der Waals surface area contributed by atoms with E-state index in [2.05, 4.69) is 27.9 Å². The highest BCUT2D eigenvalue weighted by Gasteiger charge is 2.35. The van der Waals surface area contributed by atoms with E-state index in [1.54, 1.807) is 30.1 Å². The number of alkyl halides is 2. The van der Waals surface area contributed by atoms with Crippen LogP contribution in [-0.2, 0) is 11.8 Å². The van der Waals surface area contributed by atoms with E-state index < -0.39 is 24.6 Å². The predicted molar refractivity (Wildman–Crippen MR) is 147 cm³/mol. The van der Waals surface area contributed by atoms with Gasteiger partial charge in [0.2, 0.25) is 11.7 Å². The summed E-state index contributed by atoms with van der Waals surface area (Å²) >= 11 is 6.28. The number of nitrogens with one attached hydrogen (secondary N) is 3. The van der Waals surface area contributed by atoms with Gasteiger partial charge in [-0.3, -0.25) is 9.59 Å². The van der Waals surface area contributed by atoms with Crippen LogP contribution in [0.1, 0.15) is 19.8 Å². The molecule has 5 N–H and O–H groups in total. The van der Waals surface area contributed by atoms with E-state index in [0.717, 1.165) is 19.4 Å². The quantitative estimate of drug-likeness (QED) is 0.191. The number of carbonyl (C=O) groups excluding carboxylic acids is 1. The molecule has 0 fully saturated rings. The van der Waals surface area contributed by atoms with Gasteiger partial charge in [0.25, 0.3) is 11.5 Å². The molecule has 1 aromatic heterocycles. The number of hydrogen-bond acceptors (Lipinski definition) is 7. The number of amidine groups is 1. The van der Waals surface area contributed by atoms with E-state index in [9.17, 15) is 18.4 Å². The number of aryl methyl sites for hydroxylation is 1. The molecule has 1 aliphatic heterocycles. The monoisotopic (exact) mass is 553 g/mol. The molecule has 1 amide bonds. The van der Waals surface area contributed by atoms with Crippen molar-refractivity contribution in [3.63, 3.8) is 0 Å². The van der Waals surface area contributed by atoms with Gasteiger partial charge in [-0.1, -0.05) is 24.9 Å². The first-order valence-corrected chi connectivity index (χ1v) is 12.7. The third-order valence-electron chi connectivity index (χ3n) is 6.01. The summed E-state index contributed by atoms with van der Waals surface area (Å²) in [6.07, 6.45) is 3.58. The molecule has 10 nitrogen and oxygen atoms in total. The summed E-state index contributed by atoms with van der Waals surface area (Å²) in [7, 11) is 3.26. The molecule has 0 atom stereocenters. The normalized spacial score (nSPS) is 15.3. The third kappa shape index (κ3) is 7.35. The Bertz CT molecular complexity index is 1280. The molecular formula is C25H34ClF2N7O3. The lowest BCUT2D eigenvalue weighted by Crippen LogP contribution is -2.38. The first-order valence-electron chi connectivity index (χ1n) is 12.3. The van der Waals surface area contributed by atoms with Crippen LogP contribution < -0.4 is 32.0 Å². The molecule has 3 rings (SSSR count). The minimum absolute atomic E-state index is 0.00522. The highest BCUT2D eigenvalue weighted by Crippen LogP contribution is 2.35. The lowest BCUT2D eigenvalue weighted by Gasteiger charge is -2.17. The zero-order valence-corrected chi connectivity index (χ0v) is 22.5. The van der Waals surface area contributed by atoms with Crippen LogP contribution in [0.5, 0.6) is 5.75 Å². The van der Waals surface area contributed by atoms with Crippen molar-refractivity contribution in [3.05, 3.63) is 39.8 Å². The fourth-order valence-electron chi connectivity index (χ4n) is 3.75. The highest BCUT2D eigenvalue weighted by molar-refractivity contribution is 6.43. The van der Waals surface area contributed by atoms with Crippen LogP contribution in [0, 0.1) is 0 Å². The molecule has 1 aliphatic rings. The van der Waals surface area contributed by atoms with E-state index in [-0.39, 0.29) is 28.2 Å². The third-order valence-corrected chi connectivity index (χ3v) is 6.31. The van der Waals surface area contributed by atoms with Crippen LogP contribution in [0.4, 0.5) is 20.2 Å². The number of amides is 1. The molecule has 0 radical (unpaired) electrons. The summed E-state index contributed by atoms with van der Waals surface area (Å²) in [6, 6.07) is 4.90. The van der Waals surface area contributed by atoms with Gasteiger partial charge >= 0.3 is 0 Å². The lowest BCUT2D eigenvalue weighted by atomic mass is 10.1. The van der Waals surface area contributed by atoms with E-state index >= 15 is 0 Å². The molecular weight excluding hydrogens is 520 g/mol. The Morgan fingerprint density at radius 3 is 2.89 bits per heavy atom. The van der Waals surface area contributed by atoms with Crippen molar-refractivity contribution >= 4 is 45.6 Å². The maximum atomic E-state index is 13.9. The summed E-state index contributed by atoms with van der Waals surface area (Å²) in [6.45, 7) is 2.54. The predicted octanol–water partition coefficient (Wildman–Crippen LogP) is 2.48. The van der Waals surface area contributed by atoms with Crippen molar-refractivity contribution in [2.45, 2.75) is 25.7 Å². The molecule has 0 saturated carbocycles. The molecule has 0 unspecified atom stereocenters. The van der Waals surface area contributed by atoms with Crippen molar-refractivity contribution in [3.8, 4) is 5.75 Å². The number of unbranched alkanes of at least 4 members (excludes halogenated alkanes) is 1. The second-order valence-corrected chi connectivity index (χ2v) is 9.46. The Labute approximate surface area is 224 Å². The Hall–Kier alpha value is -3.38. The van der Waals surface area contributed by atoms with Crippen LogP contribution in [0.15, 0.2) is 39.2 Å². The van der Waals surface area contributed by atoms with Crippen LogP contribution >= 0.6 is 11.6 Å². The number of carbonyl (C=O) groups is 1. The molecule has 208 valence electrons. The molecule has 0 saturated heterocycles. The van der Waals surface area contributed by atoms with Crippen molar-refractivity contribution in [1.29, 1.82) is 0 Å². The highest BCUT2D eigenvalue weighted by atomic mass is 35.5. The lowest BCUT2D eigenvalue weighted by molar-refractivity contribution is -0.128. The van der Waals surface area contributed by atoms with Gasteiger partial charge < -0.3 is 35.9 Å². The van der Waals surface area contributed by atoms with Crippen LogP contribution in [0.3, 0.4) is 0 Å². The Kier molecular flexibility index (Phi) is 9.92. The number of fused-ring (bicyclic) bond motifs is 3. The minimum Gasteiger partial charge on any atom is -0.480 e. The number of rotatable bonds is 11. The number of aliphatic imine (C=N–C) groups is 1. The number of anilines is 1. The molecule has 38 heavy (non-hydrogen) atoms. The van der Waals surface area contributed by atoms with Crippen LogP contribution in [0.25, 0.3) is 10.9 Å². The molecule has 13 heteroatoms. The molecule has 1 aromatic carbocycles. The average molecular weight is 554 g/mol. The van der Waals surface area contributed by atoms with E-state index in [0.29, 0.717) is 36.2 Å². The van der Waals surface area contributed by atoms with Crippen molar-refractivity contribution in [1.82, 2.24) is 20.1 Å². The second kappa shape index (κ2) is 12.9. The number of likely N-dealkylation sites (N-methyl/N-ethyl adjacent to an activating group) is 1. The molecule has 0 spiro atoms. The number of aromatic nitrogens is 1. The van der Waals surface area contributed by atoms with Gasteiger partial charge in [-0.2, -0.15) is 0 Å². The summed E-state index contributed by atoms with van der Waals surface area (Å²) in [4.78, 5) is 30.7. The zero-order chi connectivity index (χ0) is 27.9. The van der Waals surface area contributed by atoms with Crippen molar-refractivity contribution in [2.24, 2.45) is 17.8 Å². The molecule has 0 aliphatic carbocycles.